The van der Waals surface area contributed by atoms with Gasteiger partial charge >= 0.3 is 0 Å². The highest BCUT2D eigenvalue weighted by atomic mass is 19.3. The molecular weight excluding hydrogens is 352 g/mol. The van der Waals surface area contributed by atoms with Crippen molar-refractivity contribution in [3.8, 4) is 28.6 Å². The minimum atomic E-state index is -2.52. The van der Waals surface area contributed by atoms with Crippen LogP contribution < -0.4 is 5.32 Å². The second-order valence-corrected chi connectivity index (χ2v) is 5.79. The standard InChI is InChI=1S/C18H17F2N7/c1-12-3-4-13(9-24-12)17-14(10-27(26-17)11-16(19)20)15-5-8-23-18(25-15)22-7-2-6-21/h3-5,8-10,16H,2,7,11H2,1H3,(H,22,23,25). The maximum atomic E-state index is 12.8. The molecule has 0 aliphatic heterocycles. The molecule has 3 aromatic heterocycles. The zero-order valence-electron chi connectivity index (χ0n) is 14.6. The second kappa shape index (κ2) is 8.31. The van der Waals surface area contributed by atoms with Crippen LogP contribution in [0.15, 0.2) is 36.8 Å². The summed E-state index contributed by atoms with van der Waals surface area (Å²) in [6.07, 6.45) is 2.57. The molecule has 9 heteroatoms. The lowest BCUT2D eigenvalue weighted by Gasteiger charge is -2.05. The number of hydrogen-bond acceptors (Lipinski definition) is 6. The summed E-state index contributed by atoms with van der Waals surface area (Å²) in [7, 11) is 0. The summed E-state index contributed by atoms with van der Waals surface area (Å²) in [5.74, 6) is 0.359. The van der Waals surface area contributed by atoms with E-state index in [0.29, 0.717) is 41.4 Å². The third-order valence-corrected chi connectivity index (χ3v) is 3.72. The molecule has 0 radical (unpaired) electrons. The zero-order valence-corrected chi connectivity index (χ0v) is 14.6. The Labute approximate surface area is 154 Å². The van der Waals surface area contributed by atoms with Gasteiger partial charge in [-0.05, 0) is 25.1 Å². The van der Waals surface area contributed by atoms with Crippen molar-refractivity contribution in [2.75, 3.05) is 11.9 Å². The first kappa shape index (κ1) is 18.4. The van der Waals surface area contributed by atoms with E-state index in [4.69, 9.17) is 5.26 Å². The normalized spacial score (nSPS) is 10.8. The molecule has 0 atom stereocenters. The number of hydrogen-bond donors (Lipinski definition) is 1. The Hall–Kier alpha value is -3.41. The molecule has 3 heterocycles. The summed E-state index contributed by atoms with van der Waals surface area (Å²) in [6.45, 7) is 1.77. The largest absolute Gasteiger partial charge is 0.353 e. The predicted octanol–water partition coefficient (Wildman–Crippen LogP) is 3.30. The number of nitrogens with one attached hydrogen (secondary N) is 1. The van der Waals surface area contributed by atoms with Gasteiger partial charge in [-0.15, -0.1) is 0 Å². The second-order valence-electron chi connectivity index (χ2n) is 5.79. The van der Waals surface area contributed by atoms with Crippen LogP contribution in [0, 0.1) is 18.3 Å². The van der Waals surface area contributed by atoms with Crippen LogP contribution in [-0.2, 0) is 6.54 Å². The quantitative estimate of drug-likeness (QED) is 0.643. The van der Waals surface area contributed by atoms with Gasteiger partial charge in [0.05, 0.1) is 18.2 Å². The van der Waals surface area contributed by atoms with E-state index in [1.807, 2.05) is 25.1 Å². The number of pyridine rings is 1. The molecule has 0 aliphatic rings. The maximum Gasteiger partial charge on any atom is 0.257 e. The highest BCUT2D eigenvalue weighted by molar-refractivity contribution is 5.78. The fourth-order valence-corrected chi connectivity index (χ4v) is 2.49. The smallest absolute Gasteiger partial charge is 0.257 e. The average Bonchev–Trinajstić information content (AvgIpc) is 3.06. The highest BCUT2D eigenvalue weighted by Crippen LogP contribution is 2.30. The minimum absolute atomic E-state index is 0.320. The molecule has 0 fully saturated rings. The van der Waals surface area contributed by atoms with Gasteiger partial charge < -0.3 is 5.32 Å². The summed E-state index contributed by atoms with van der Waals surface area (Å²) in [6, 6.07) is 7.39. The van der Waals surface area contributed by atoms with Gasteiger partial charge in [0.1, 0.15) is 12.2 Å². The average molecular weight is 369 g/mol. The number of alkyl halides is 2. The molecule has 0 saturated heterocycles. The molecule has 0 bridgehead atoms. The van der Waals surface area contributed by atoms with Crippen LogP contribution in [0.3, 0.4) is 0 Å². The molecule has 0 saturated carbocycles. The van der Waals surface area contributed by atoms with E-state index in [0.717, 1.165) is 5.69 Å². The summed E-state index contributed by atoms with van der Waals surface area (Å²) in [5.41, 5.74) is 3.22. The number of nitrogens with zero attached hydrogens (tertiary/aromatic N) is 6. The van der Waals surface area contributed by atoms with Crippen LogP contribution in [0.1, 0.15) is 12.1 Å². The fraction of sp³-hybridized carbons (Fsp3) is 0.278. The van der Waals surface area contributed by atoms with Crippen molar-refractivity contribution in [2.24, 2.45) is 0 Å². The summed E-state index contributed by atoms with van der Waals surface area (Å²) in [5, 5.41) is 15.9. The molecule has 0 aromatic carbocycles. The molecule has 27 heavy (non-hydrogen) atoms. The van der Waals surface area contributed by atoms with Crippen molar-refractivity contribution < 1.29 is 8.78 Å². The number of anilines is 1. The van der Waals surface area contributed by atoms with E-state index in [1.54, 1.807) is 24.7 Å². The van der Waals surface area contributed by atoms with E-state index in [1.165, 1.54) is 4.68 Å². The highest BCUT2D eigenvalue weighted by Gasteiger charge is 2.17. The van der Waals surface area contributed by atoms with Crippen LogP contribution in [0.25, 0.3) is 22.5 Å². The van der Waals surface area contributed by atoms with Crippen LogP contribution in [0.4, 0.5) is 14.7 Å². The lowest BCUT2D eigenvalue weighted by Crippen LogP contribution is -2.06. The molecule has 1 N–H and O–H groups in total. The first-order valence-corrected chi connectivity index (χ1v) is 8.29. The topological polar surface area (TPSA) is 92.3 Å². The maximum absolute atomic E-state index is 12.8. The third-order valence-electron chi connectivity index (χ3n) is 3.72. The molecular formula is C18H17F2N7. The van der Waals surface area contributed by atoms with E-state index in [9.17, 15) is 8.78 Å². The Morgan fingerprint density at radius 1 is 1.26 bits per heavy atom. The number of halogens is 2. The summed E-state index contributed by atoms with van der Waals surface area (Å²) < 4.78 is 26.9. The van der Waals surface area contributed by atoms with Crippen molar-refractivity contribution in [1.82, 2.24) is 24.7 Å². The molecule has 0 amide bonds. The van der Waals surface area contributed by atoms with Crippen LogP contribution in [-0.4, -0.2) is 37.7 Å². The van der Waals surface area contributed by atoms with Crippen molar-refractivity contribution >= 4 is 5.95 Å². The molecule has 3 rings (SSSR count). The van der Waals surface area contributed by atoms with Crippen molar-refractivity contribution in [3.05, 3.63) is 42.5 Å². The summed E-state index contributed by atoms with van der Waals surface area (Å²) >= 11 is 0. The first-order chi connectivity index (χ1) is 13.1. The minimum Gasteiger partial charge on any atom is -0.353 e. The Balaban J connectivity index is 2.00. The SMILES string of the molecule is Cc1ccc(-c2nn(CC(F)F)cc2-c2ccnc(NCCC#N)n2)cn1. The number of rotatable bonds is 7. The number of nitriles is 1. The lowest BCUT2D eigenvalue weighted by atomic mass is 10.1. The Kier molecular flexibility index (Phi) is 5.66. The van der Waals surface area contributed by atoms with Gasteiger partial charge in [0.25, 0.3) is 6.43 Å². The molecule has 3 aromatic rings. The third kappa shape index (κ3) is 4.61. The van der Waals surface area contributed by atoms with Crippen LogP contribution in [0.5, 0.6) is 0 Å². The first-order valence-electron chi connectivity index (χ1n) is 8.29. The fourth-order valence-electron chi connectivity index (χ4n) is 2.49. The monoisotopic (exact) mass is 369 g/mol. The number of aromatic nitrogens is 5. The van der Waals surface area contributed by atoms with Crippen molar-refractivity contribution in [2.45, 2.75) is 26.3 Å². The van der Waals surface area contributed by atoms with Crippen molar-refractivity contribution in [3.63, 3.8) is 0 Å². The van der Waals surface area contributed by atoms with Gasteiger partial charge in [-0.25, -0.2) is 18.7 Å². The predicted molar refractivity (Wildman–Crippen MR) is 95.9 cm³/mol. The molecule has 138 valence electrons. The van der Waals surface area contributed by atoms with E-state index in [-0.39, 0.29) is 0 Å². The van der Waals surface area contributed by atoms with Gasteiger partial charge in [0, 0.05) is 42.0 Å². The Bertz CT molecular complexity index is 945. The van der Waals surface area contributed by atoms with E-state index < -0.39 is 13.0 Å². The summed E-state index contributed by atoms with van der Waals surface area (Å²) in [4.78, 5) is 12.8. The van der Waals surface area contributed by atoms with Gasteiger partial charge in [-0.2, -0.15) is 10.4 Å². The van der Waals surface area contributed by atoms with Crippen molar-refractivity contribution in [1.29, 1.82) is 5.26 Å². The van der Waals surface area contributed by atoms with E-state index >= 15 is 0 Å². The molecule has 7 nitrogen and oxygen atoms in total. The van der Waals surface area contributed by atoms with E-state index in [2.05, 4.69) is 25.4 Å². The molecule has 0 aliphatic carbocycles. The number of aryl methyl sites for hydroxylation is 1. The van der Waals surface area contributed by atoms with Crippen LogP contribution >= 0.6 is 0 Å². The zero-order chi connectivity index (χ0) is 19.2. The van der Waals surface area contributed by atoms with Gasteiger partial charge in [0.2, 0.25) is 5.95 Å². The molecule has 0 unspecified atom stereocenters. The Morgan fingerprint density at radius 3 is 2.81 bits per heavy atom. The molecule has 0 spiro atoms. The Morgan fingerprint density at radius 2 is 2.11 bits per heavy atom. The van der Waals surface area contributed by atoms with Gasteiger partial charge in [0.15, 0.2) is 0 Å². The lowest BCUT2D eigenvalue weighted by molar-refractivity contribution is 0.122. The van der Waals surface area contributed by atoms with Crippen LogP contribution in [0.2, 0.25) is 0 Å². The van der Waals surface area contributed by atoms with Gasteiger partial charge in [-0.1, -0.05) is 0 Å². The van der Waals surface area contributed by atoms with Gasteiger partial charge in [-0.3, -0.25) is 9.67 Å².